The Morgan fingerprint density at radius 2 is 1.96 bits per heavy atom. The third-order valence-corrected chi connectivity index (χ3v) is 4.48. The summed E-state index contributed by atoms with van der Waals surface area (Å²) in [6, 6.07) is 17.8. The second-order valence-corrected chi connectivity index (χ2v) is 6.74. The van der Waals surface area contributed by atoms with Crippen LogP contribution in [0.4, 0.5) is 0 Å². The third kappa shape index (κ3) is 5.67. The Balaban J connectivity index is 1.45. The minimum atomic E-state index is -0.0123. The highest BCUT2D eigenvalue weighted by Crippen LogP contribution is 2.21. The third-order valence-electron chi connectivity index (χ3n) is 4.48. The number of benzene rings is 2. The molecule has 1 N–H and O–H groups in total. The van der Waals surface area contributed by atoms with E-state index in [0.29, 0.717) is 24.6 Å². The van der Waals surface area contributed by atoms with Gasteiger partial charge in [0.25, 0.3) is 0 Å². The molecule has 0 aliphatic heterocycles. The van der Waals surface area contributed by atoms with Crippen molar-refractivity contribution in [1.82, 2.24) is 15.5 Å². The molecular weight excluding hydrogens is 354 g/mol. The molecule has 0 saturated carbocycles. The van der Waals surface area contributed by atoms with Gasteiger partial charge < -0.3 is 14.6 Å². The molecule has 2 aromatic carbocycles. The normalized spacial score (nSPS) is 11.8. The zero-order valence-corrected chi connectivity index (χ0v) is 16.2. The van der Waals surface area contributed by atoms with Crippen molar-refractivity contribution in [3.63, 3.8) is 0 Å². The number of methoxy groups -OCH3 is 1. The number of nitrogens with zero attached hydrogens (tertiary/aromatic N) is 2. The van der Waals surface area contributed by atoms with Crippen LogP contribution in [0.5, 0.6) is 5.75 Å². The summed E-state index contributed by atoms with van der Waals surface area (Å²) in [6.45, 7) is 2.02. The number of hydrogen-bond donors (Lipinski definition) is 1. The van der Waals surface area contributed by atoms with Crippen molar-refractivity contribution in [2.45, 2.75) is 38.6 Å². The van der Waals surface area contributed by atoms with Crippen LogP contribution in [0.15, 0.2) is 59.1 Å². The molecule has 0 spiro atoms. The molecule has 0 unspecified atom stereocenters. The maximum absolute atomic E-state index is 12.2. The van der Waals surface area contributed by atoms with Crippen LogP contribution in [0.25, 0.3) is 11.4 Å². The van der Waals surface area contributed by atoms with Crippen molar-refractivity contribution in [3.05, 3.63) is 66.1 Å². The van der Waals surface area contributed by atoms with Gasteiger partial charge in [-0.3, -0.25) is 4.79 Å². The summed E-state index contributed by atoms with van der Waals surface area (Å²) >= 11 is 0. The predicted molar refractivity (Wildman–Crippen MR) is 107 cm³/mol. The Morgan fingerprint density at radius 3 is 2.75 bits per heavy atom. The number of aromatic nitrogens is 2. The van der Waals surface area contributed by atoms with Crippen LogP contribution >= 0.6 is 0 Å². The predicted octanol–water partition coefficient (Wildman–Crippen LogP) is 3.82. The molecule has 0 bridgehead atoms. The second-order valence-electron chi connectivity index (χ2n) is 6.74. The summed E-state index contributed by atoms with van der Waals surface area (Å²) in [7, 11) is 1.61. The van der Waals surface area contributed by atoms with Crippen molar-refractivity contribution >= 4 is 5.91 Å². The Kier molecular flexibility index (Phi) is 6.78. The first-order chi connectivity index (χ1) is 13.6. The Hall–Kier alpha value is -3.15. The first-order valence-electron chi connectivity index (χ1n) is 9.44. The van der Waals surface area contributed by atoms with Crippen molar-refractivity contribution in [1.29, 1.82) is 0 Å². The van der Waals surface area contributed by atoms with Gasteiger partial charge in [-0.1, -0.05) is 47.6 Å². The highest BCUT2D eigenvalue weighted by Gasteiger charge is 2.13. The van der Waals surface area contributed by atoms with Crippen LogP contribution in [0, 0.1) is 0 Å². The molecule has 0 aliphatic rings. The van der Waals surface area contributed by atoms with E-state index in [-0.39, 0.29) is 11.9 Å². The molecule has 0 fully saturated rings. The summed E-state index contributed by atoms with van der Waals surface area (Å²) in [6.07, 6.45) is 2.57. The molecule has 1 atom stereocenters. The topological polar surface area (TPSA) is 77.2 Å². The van der Waals surface area contributed by atoms with E-state index in [9.17, 15) is 4.79 Å². The Bertz CT molecular complexity index is 893. The zero-order chi connectivity index (χ0) is 19.8. The van der Waals surface area contributed by atoms with E-state index in [1.165, 1.54) is 5.56 Å². The molecule has 6 heteroatoms. The number of aryl methyl sites for hydroxylation is 2. The van der Waals surface area contributed by atoms with Crippen LogP contribution in [0.2, 0.25) is 0 Å². The fraction of sp³-hybridized carbons (Fsp3) is 0.318. The summed E-state index contributed by atoms with van der Waals surface area (Å²) in [5.41, 5.74) is 2.09. The molecule has 3 aromatic rings. The van der Waals surface area contributed by atoms with Gasteiger partial charge in [-0.25, -0.2) is 0 Å². The van der Waals surface area contributed by atoms with Gasteiger partial charge >= 0.3 is 0 Å². The molecule has 6 nitrogen and oxygen atoms in total. The van der Waals surface area contributed by atoms with Crippen LogP contribution in [0.3, 0.4) is 0 Å². The number of carbonyl (C=O) groups excluding carboxylic acids is 1. The van der Waals surface area contributed by atoms with Crippen LogP contribution in [-0.2, 0) is 17.6 Å². The van der Waals surface area contributed by atoms with Gasteiger partial charge in [-0.15, -0.1) is 0 Å². The van der Waals surface area contributed by atoms with Gasteiger partial charge in [0.1, 0.15) is 5.75 Å². The van der Waals surface area contributed by atoms with E-state index in [4.69, 9.17) is 9.26 Å². The van der Waals surface area contributed by atoms with E-state index in [1.807, 2.05) is 49.4 Å². The lowest BCUT2D eigenvalue weighted by Crippen LogP contribution is -2.33. The van der Waals surface area contributed by atoms with E-state index in [1.54, 1.807) is 7.11 Å². The minimum Gasteiger partial charge on any atom is -0.497 e. The van der Waals surface area contributed by atoms with Crippen molar-refractivity contribution in [3.8, 4) is 17.1 Å². The fourth-order valence-electron chi connectivity index (χ4n) is 2.90. The minimum absolute atomic E-state index is 0.0123. The maximum atomic E-state index is 12.2. The molecule has 146 valence electrons. The average molecular weight is 379 g/mol. The highest BCUT2D eigenvalue weighted by atomic mass is 16.5. The van der Waals surface area contributed by atoms with E-state index >= 15 is 0 Å². The fourth-order valence-corrected chi connectivity index (χ4v) is 2.90. The Morgan fingerprint density at radius 1 is 1.14 bits per heavy atom. The van der Waals surface area contributed by atoms with Gasteiger partial charge in [-0.05, 0) is 37.5 Å². The van der Waals surface area contributed by atoms with Gasteiger partial charge in [0.05, 0.1) is 7.11 Å². The molecule has 1 aromatic heterocycles. The first kappa shape index (κ1) is 19.6. The largest absolute Gasteiger partial charge is 0.497 e. The van der Waals surface area contributed by atoms with Gasteiger partial charge in [0.15, 0.2) is 0 Å². The SMILES string of the molecule is COc1cccc(-c2noc(CCC(=O)N[C@@H](C)CCc3ccccc3)n2)c1. The quantitative estimate of drug-likeness (QED) is 0.612. The van der Waals surface area contributed by atoms with Gasteiger partial charge in [0.2, 0.25) is 17.6 Å². The first-order valence-corrected chi connectivity index (χ1v) is 9.44. The molecule has 28 heavy (non-hydrogen) atoms. The monoisotopic (exact) mass is 379 g/mol. The van der Waals surface area contributed by atoms with Gasteiger partial charge in [-0.2, -0.15) is 4.98 Å². The number of amides is 1. The lowest BCUT2D eigenvalue weighted by molar-refractivity contribution is -0.121. The molecule has 0 saturated heterocycles. The smallest absolute Gasteiger partial charge is 0.227 e. The maximum Gasteiger partial charge on any atom is 0.227 e. The summed E-state index contributed by atoms with van der Waals surface area (Å²) < 4.78 is 10.5. The number of ether oxygens (including phenoxy) is 1. The van der Waals surface area contributed by atoms with Crippen molar-refractivity contribution in [2.75, 3.05) is 7.11 Å². The number of rotatable bonds is 9. The molecule has 1 heterocycles. The second kappa shape index (κ2) is 9.69. The number of hydrogen-bond acceptors (Lipinski definition) is 5. The average Bonchev–Trinajstić information content (AvgIpc) is 3.21. The van der Waals surface area contributed by atoms with E-state index < -0.39 is 0 Å². The van der Waals surface area contributed by atoms with E-state index in [0.717, 1.165) is 24.2 Å². The molecule has 0 aliphatic carbocycles. The molecular formula is C22H25N3O3. The lowest BCUT2D eigenvalue weighted by atomic mass is 10.1. The number of carbonyl (C=O) groups is 1. The van der Waals surface area contributed by atoms with Gasteiger partial charge in [0, 0.05) is 24.4 Å². The standard InChI is InChI=1S/C22H25N3O3/c1-16(11-12-17-7-4-3-5-8-17)23-20(26)13-14-21-24-22(25-28-21)18-9-6-10-19(15-18)27-2/h3-10,15-16H,11-14H2,1-2H3,(H,23,26)/t16-/m0/s1. The summed E-state index contributed by atoms with van der Waals surface area (Å²) in [4.78, 5) is 16.6. The lowest BCUT2D eigenvalue weighted by Gasteiger charge is -2.13. The van der Waals surface area contributed by atoms with Crippen LogP contribution in [-0.4, -0.2) is 29.2 Å². The van der Waals surface area contributed by atoms with Crippen molar-refractivity contribution < 1.29 is 14.1 Å². The summed E-state index contributed by atoms with van der Waals surface area (Å²) in [5.74, 6) is 1.66. The van der Waals surface area contributed by atoms with Crippen LogP contribution < -0.4 is 10.1 Å². The zero-order valence-electron chi connectivity index (χ0n) is 16.2. The Labute approximate surface area is 164 Å². The number of nitrogens with one attached hydrogen (secondary N) is 1. The highest BCUT2D eigenvalue weighted by molar-refractivity contribution is 5.76. The molecule has 1 amide bonds. The van der Waals surface area contributed by atoms with Crippen LogP contribution in [0.1, 0.15) is 31.2 Å². The van der Waals surface area contributed by atoms with Crippen molar-refractivity contribution in [2.24, 2.45) is 0 Å². The van der Waals surface area contributed by atoms with E-state index in [2.05, 4.69) is 27.6 Å². The molecule has 0 radical (unpaired) electrons. The molecule has 3 rings (SSSR count). The summed E-state index contributed by atoms with van der Waals surface area (Å²) in [5, 5.41) is 7.02.